The highest BCUT2D eigenvalue weighted by Gasteiger charge is 2.31. The lowest BCUT2D eigenvalue weighted by Crippen LogP contribution is -2.45. The smallest absolute Gasteiger partial charge is 0.233 e. The Morgan fingerprint density at radius 1 is 0.970 bits per heavy atom. The molecule has 8 nitrogen and oxygen atoms in total. The number of anilines is 2. The molecular formula is C25H25N7O. The van der Waals surface area contributed by atoms with Crippen LogP contribution in [0.25, 0.3) is 5.82 Å². The van der Waals surface area contributed by atoms with Crippen LogP contribution in [0.1, 0.15) is 18.4 Å². The van der Waals surface area contributed by atoms with E-state index in [1.807, 2.05) is 66.9 Å². The molecule has 1 aliphatic rings. The summed E-state index contributed by atoms with van der Waals surface area (Å²) >= 11 is 0. The fourth-order valence-electron chi connectivity index (χ4n) is 4.20. The van der Waals surface area contributed by atoms with Gasteiger partial charge in [-0.3, -0.25) is 9.69 Å². The van der Waals surface area contributed by atoms with Crippen molar-refractivity contribution in [3.63, 3.8) is 0 Å². The maximum absolute atomic E-state index is 13.7. The van der Waals surface area contributed by atoms with E-state index in [1.54, 1.807) is 28.3 Å². The minimum absolute atomic E-state index is 0.0867. The molecule has 1 unspecified atom stereocenters. The summed E-state index contributed by atoms with van der Waals surface area (Å²) in [5.41, 5.74) is 1.07. The fraction of sp³-hybridized carbons (Fsp3) is 0.240. The minimum Gasteiger partial charge on any atom is -0.356 e. The molecule has 1 aliphatic heterocycles. The highest BCUT2D eigenvalue weighted by Crippen LogP contribution is 2.26. The first-order chi connectivity index (χ1) is 16.3. The van der Waals surface area contributed by atoms with Crippen molar-refractivity contribution in [1.82, 2.24) is 24.7 Å². The van der Waals surface area contributed by atoms with Crippen LogP contribution in [0.5, 0.6) is 0 Å². The van der Waals surface area contributed by atoms with E-state index in [9.17, 15) is 4.79 Å². The van der Waals surface area contributed by atoms with Gasteiger partial charge < -0.3 is 4.90 Å². The third-order valence-corrected chi connectivity index (χ3v) is 5.85. The number of nitrogens with zero attached hydrogens (tertiary/aromatic N) is 7. The van der Waals surface area contributed by atoms with Gasteiger partial charge in [-0.15, -0.1) is 0 Å². The summed E-state index contributed by atoms with van der Waals surface area (Å²) in [6.07, 6.45) is 8.60. The second kappa shape index (κ2) is 9.60. The monoisotopic (exact) mass is 439 g/mol. The van der Waals surface area contributed by atoms with Crippen LogP contribution in [0.2, 0.25) is 0 Å². The van der Waals surface area contributed by atoms with E-state index in [0.717, 1.165) is 30.8 Å². The Morgan fingerprint density at radius 2 is 1.82 bits per heavy atom. The first-order valence-electron chi connectivity index (χ1n) is 11.1. The zero-order chi connectivity index (χ0) is 22.5. The van der Waals surface area contributed by atoms with Gasteiger partial charge in [-0.2, -0.15) is 5.10 Å². The van der Waals surface area contributed by atoms with Crippen LogP contribution in [-0.4, -0.2) is 43.7 Å². The van der Waals surface area contributed by atoms with E-state index < -0.39 is 0 Å². The Hall–Kier alpha value is -4.07. The Bertz CT molecular complexity index is 1180. The number of hydrogen-bond donors (Lipinski definition) is 0. The molecule has 0 saturated carbocycles. The average Bonchev–Trinajstić information content (AvgIpc) is 3.44. The van der Waals surface area contributed by atoms with Crippen molar-refractivity contribution in [3.05, 3.63) is 91.1 Å². The number of pyridine rings is 1. The topological polar surface area (TPSA) is 80.0 Å². The first-order valence-corrected chi connectivity index (χ1v) is 11.1. The number of amides is 1. The Balaban J connectivity index is 1.37. The highest BCUT2D eigenvalue weighted by molar-refractivity contribution is 5.94. The van der Waals surface area contributed by atoms with E-state index in [-0.39, 0.29) is 11.8 Å². The van der Waals surface area contributed by atoms with Crippen LogP contribution in [0.3, 0.4) is 0 Å². The molecule has 1 aromatic carbocycles. The third-order valence-electron chi connectivity index (χ3n) is 5.85. The van der Waals surface area contributed by atoms with Gasteiger partial charge in [-0.25, -0.2) is 19.6 Å². The molecule has 0 spiro atoms. The molecule has 33 heavy (non-hydrogen) atoms. The van der Waals surface area contributed by atoms with Crippen molar-refractivity contribution < 1.29 is 4.79 Å². The van der Waals surface area contributed by atoms with Crippen LogP contribution in [-0.2, 0) is 11.3 Å². The largest absolute Gasteiger partial charge is 0.356 e. The molecule has 1 saturated heterocycles. The molecule has 0 bridgehead atoms. The molecule has 1 fully saturated rings. The van der Waals surface area contributed by atoms with Crippen LogP contribution in [0.4, 0.5) is 11.6 Å². The van der Waals surface area contributed by atoms with E-state index in [4.69, 9.17) is 0 Å². The average molecular weight is 440 g/mol. The summed E-state index contributed by atoms with van der Waals surface area (Å²) in [7, 11) is 0. The van der Waals surface area contributed by atoms with Crippen LogP contribution < -0.4 is 9.80 Å². The van der Waals surface area contributed by atoms with Gasteiger partial charge in [-0.05, 0) is 36.6 Å². The van der Waals surface area contributed by atoms with Crippen LogP contribution >= 0.6 is 0 Å². The Labute approximate surface area is 192 Å². The maximum atomic E-state index is 13.7. The maximum Gasteiger partial charge on any atom is 0.233 e. The highest BCUT2D eigenvalue weighted by atomic mass is 16.2. The number of rotatable bonds is 6. The van der Waals surface area contributed by atoms with Gasteiger partial charge in [-0.1, -0.05) is 36.4 Å². The molecule has 8 heteroatoms. The molecule has 166 valence electrons. The molecule has 4 heterocycles. The number of aromatic nitrogens is 5. The third kappa shape index (κ3) is 4.74. The quantitative estimate of drug-likeness (QED) is 0.457. The second-order valence-electron chi connectivity index (χ2n) is 8.07. The van der Waals surface area contributed by atoms with E-state index in [2.05, 4.69) is 25.0 Å². The SMILES string of the molecule is O=C(C1CCCN(c2cc(-n3cccn3)ncn2)C1)N(Cc1ccccc1)c1ccccn1. The fourth-order valence-corrected chi connectivity index (χ4v) is 4.20. The molecule has 3 aromatic heterocycles. The standard InChI is InChI=1S/C25H25N7O/c33-25(31(22-11-4-5-12-26-22)17-20-8-2-1-3-9-20)21-10-6-14-30(18-21)23-16-24(28-19-27-23)32-15-7-13-29-32/h1-5,7-9,11-13,15-16,19,21H,6,10,14,17-18H2. The first kappa shape index (κ1) is 20.8. The molecule has 1 atom stereocenters. The van der Waals surface area contributed by atoms with Gasteiger partial charge in [0.1, 0.15) is 18.0 Å². The molecular weight excluding hydrogens is 414 g/mol. The van der Waals surface area contributed by atoms with Crippen molar-refractivity contribution in [2.24, 2.45) is 5.92 Å². The lowest BCUT2D eigenvalue weighted by Gasteiger charge is -2.35. The van der Waals surface area contributed by atoms with Crippen LogP contribution in [0.15, 0.2) is 85.6 Å². The predicted molar refractivity (Wildman–Crippen MR) is 126 cm³/mol. The number of benzene rings is 1. The number of carbonyl (C=O) groups excluding carboxylic acids is 1. The lowest BCUT2D eigenvalue weighted by atomic mass is 9.96. The van der Waals surface area contributed by atoms with Gasteiger partial charge in [0.05, 0.1) is 12.5 Å². The number of hydrogen-bond acceptors (Lipinski definition) is 6. The zero-order valence-electron chi connectivity index (χ0n) is 18.2. The van der Waals surface area contributed by atoms with Gasteiger partial charge in [0.25, 0.3) is 0 Å². The Morgan fingerprint density at radius 3 is 2.61 bits per heavy atom. The number of carbonyl (C=O) groups is 1. The summed E-state index contributed by atoms with van der Waals surface area (Å²) in [6, 6.07) is 19.5. The molecule has 5 rings (SSSR count). The van der Waals surface area contributed by atoms with E-state index in [0.29, 0.717) is 24.7 Å². The van der Waals surface area contributed by atoms with Gasteiger partial charge in [0.15, 0.2) is 5.82 Å². The Kier molecular flexibility index (Phi) is 6.06. The second-order valence-corrected chi connectivity index (χ2v) is 8.07. The summed E-state index contributed by atoms with van der Waals surface area (Å²) < 4.78 is 1.71. The minimum atomic E-state index is -0.146. The van der Waals surface area contributed by atoms with Crippen molar-refractivity contribution in [2.45, 2.75) is 19.4 Å². The van der Waals surface area contributed by atoms with Crippen molar-refractivity contribution >= 4 is 17.5 Å². The normalized spacial score (nSPS) is 15.9. The molecule has 4 aromatic rings. The van der Waals surface area contributed by atoms with Crippen molar-refractivity contribution in [3.8, 4) is 5.82 Å². The van der Waals surface area contributed by atoms with Gasteiger partial charge in [0.2, 0.25) is 5.91 Å². The molecule has 0 aliphatic carbocycles. The zero-order valence-corrected chi connectivity index (χ0v) is 18.2. The van der Waals surface area contributed by atoms with Crippen LogP contribution in [0, 0.1) is 5.92 Å². The molecule has 1 amide bonds. The molecule has 0 radical (unpaired) electrons. The molecule has 0 N–H and O–H groups in total. The predicted octanol–water partition coefficient (Wildman–Crippen LogP) is 3.51. The lowest BCUT2D eigenvalue weighted by molar-refractivity contribution is -0.122. The summed E-state index contributed by atoms with van der Waals surface area (Å²) in [5, 5.41) is 4.25. The van der Waals surface area contributed by atoms with Gasteiger partial charge in [0, 0.05) is 37.7 Å². The summed E-state index contributed by atoms with van der Waals surface area (Å²) in [6.45, 7) is 1.94. The van der Waals surface area contributed by atoms with Crippen molar-refractivity contribution in [2.75, 3.05) is 22.9 Å². The van der Waals surface area contributed by atoms with E-state index >= 15 is 0 Å². The van der Waals surface area contributed by atoms with Gasteiger partial charge >= 0.3 is 0 Å². The van der Waals surface area contributed by atoms with Crippen molar-refractivity contribution in [1.29, 1.82) is 0 Å². The number of piperidine rings is 1. The summed E-state index contributed by atoms with van der Waals surface area (Å²) in [4.78, 5) is 31.0. The summed E-state index contributed by atoms with van der Waals surface area (Å²) in [5.74, 6) is 2.13. The van der Waals surface area contributed by atoms with E-state index in [1.165, 1.54) is 0 Å².